The molecule has 0 fully saturated rings. The molecule has 3 aromatic heterocycles. The summed E-state index contributed by atoms with van der Waals surface area (Å²) in [4.78, 5) is 12.8. The minimum Gasteiger partial charge on any atom is -0.451 e. The second-order valence-electron chi connectivity index (χ2n) is 5.36. The summed E-state index contributed by atoms with van der Waals surface area (Å²) in [5.74, 6) is 0.519. The minimum absolute atomic E-state index is 0.199. The summed E-state index contributed by atoms with van der Waals surface area (Å²) in [6.45, 7) is 0.199. The van der Waals surface area contributed by atoms with Crippen LogP contribution >= 0.6 is 0 Å². The van der Waals surface area contributed by atoms with Crippen LogP contribution < -0.4 is 5.73 Å². The van der Waals surface area contributed by atoms with Crippen LogP contribution in [0.1, 0.15) is 5.56 Å². The van der Waals surface area contributed by atoms with Gasteiger partial charge in [-0.15, -0.1) is 5.10 Å². The largest absolute Gasteiger partial charge is 0.451 e. The van der Waals surface area contributed by atoms with E-state index in [1.54, 1.807) is 41.2 Å². The Balaban J connectivity index is 1.80. The zero-order valence-electron chi connectivity index (χ0n) is 13.0. The maximum Gasteiger partial charge on any atom is 0.200 e. The fourth-order valence-electron chi connectivity index (χ4n) is 2.43. The van der Waals surface area contributed by atoms with Crippen molar-refractivity contribution in [3.63, 3.8) is 0 Å². The van der Waals surface area contributed by atoms with Gasteiger partial charge < -0.3 is 10.2 Å². The number of hydrogen-bond donors (Lipinski definition) is 1. The van der Waals surface area contributed by atoms with Gasteiger partial charge in [-0.1, -0.05) is 18.2 Å². The van der Waals surface area contributed by atoms with Crippen LogP contribution in [0.2, 0.25) is 0 Å². The smallest absolute Gasteiger partial charge is 0.200 e. The molecule has 0 saturated heterocycles. The van der Waals surface area contributed by atoms with Crippen LogP contribution in [-0.4, -0.2) is 24.7 Å². The molecule has 0 unspecified atom stereocenters. The molecule has 0 aliphatic rings. The molecule has 0 saturated carbocycles. The van der Waals surface area contributed by atoms with Crippen molar-refractivity contribution >= 4 is 5.69 Å². The number of halogens is 1. The maximum atomic E-state index is 14.0. The fourth-order valence-corrected chi connectivity index (χ4v) is 2.43. The molecule has 25 heavy (non-hydrogen) atoms. The highest BCUT2D eigenvalue weighted by atomic mass is 19.1. The SMILES string of the molecule is Nc1ccnc(-c2nc(-c3cocn3)n(Cc3ccccc3F)n2)c1. The van der Waals surface area contributed by atoms with Crippen molar-refractivity contribution in [3.05, 3.63) is 66.6 Å². The molecule has 0 bridgehead atoms. The molecular formula is C17H13FN6O. The van der Waals surface area contributed by atoms with E-state index in [9.17, 15) is 4.39 Å². The van der Waals surface area contributed by atoms with E-state index in [4.69, 9.17) is 10.2 Å². The van der Waals surface area contributed by atoms with Gasteiger partial charge in [0.1, 0.15) is 23.5 Å². The van der Waals surface area contributed by atoms with Crippen molar-refractivity contribution in [2.75, 3.05) is 5.73 Å². The summed E-state index contributed by atoms with van der Waals surface area (Å²) < 4.78 is 20.6. The zero-order valence-corrected chi connectivity index (χ0v) is 13.0. The molecule has 0 aliphatic carbocycles. The normalized spacial score (nSPS) is 10.9. The summed E-state index contributed by atoms with van der Waals surface area (Å²) in [5, 5.41) is 4.45. The molecule has 0 amide bonds. The lowest BCUT2D eigenvalue weighted by Gasteiger charge is -2.05. The number of nitrogens with two attached hydrogens (primary N) is 1. The Morgan fingerprint density at radius 3 is 2.76 bits per heavy atom. The Labute approximate surface area is 142 Å². The molecule has 0 spiro atoms. The lowest BCUT2D eigenvalue weighted by Crippen LogP contribution is -2.06. The molecule has 4 aromatic rings. The second-order valence-corrected chi connectivity index (χ2v) is 5.36. The van der Waals surface area contributed by atoms with E-state index in [1.165, 1.54) is 18.7 Å². The highest BCUT2D eigenvalue weighted by Gasteiger charge is 2.17. The molecule has 0 atom stereocenters. The molecule has 0 radical (unpaired) electrons. The number of benzene rings is 1. The number of nitrogen functional groups attached to an aromatic ring is 1. The van der Waals surface area contributed by atoms with Crippen LogP contribution in [0.15, 0.2) is 59.7 Å². The molecule has 0 aliphatic heterocycles. The molecule has 124 valence electrons. The first-order valence-corrected chi connectivity index (χ1v) is 7.49. The molecule has 4 rings (SSSR count). The summed E-state index contributed by atoms with van der Waals surface area (Å²) >= 11 is 0. The third-order valence-electron chi connectivity index (χ3n) is 3.62. The van der Waals surface area contributed by atoms with Crippen molar-refractivity contribution in [1.29, 1.82) is 0 Å². The van der Waals surface area contributed by atoms with Crippen molar-refractivity contribution in [2.24, 2.45) is 0 Å². The lowest BCUT2D eigenvalue weighted by molar-refractivity contribution is 0.557. The zero-order chi connectivity index (χ0) is 17.2. The summed E-state index contributed by atoms with van der Waals surface area (Å²) in [6.07, 6.45) is 4.34. The van der Waals surface area contributed by atoms with Gasteiger partial charge in [0.05, 0.1) is 6.54 Å². The number of pyridine rings is 1. The average Bonchev–Trinajstić information content (AvgIpc) is 3.26. The van der Waals surface area contributed by atoms with E-state index >= 15 is 0 Å². The summed E-state index contributed by atoms with van der Waals surface area (Å²) in [5.41, 5.74) is 7.87. The highest BCUT2D eigenvalue weighted by Crippen LogP contribution is 2.22. The average molecular weight is 336 g/mol. The number of aromatic nitrogens is 5. The Kier molecular flexibility index (Phi) is 3.70. The predicted octanol–water partition coefficient (Wildman–Crippen LogP) is 2.76. The van der Waals surface area contributed by atoms with Gasteiger partial charge in [0.25, 0.3) is 0 Å². The van der Waals surface area contributed by atoms with Gasteiger partial charge in [-0.2, -0.15) is 0 Å². The van der Waals surface area contributed by atoms with Crippen LogP contribution in [0.3, 0.4) is 0 Å². The van der Waals surface area contributed by atoms with Gasteiger partial charge in [0.15, 0.2) is 18.0 Å². The third kappa shape index (κ3) is 2.97. The fraction of sp³-hybridized carbons (Fsp3) is 0.0588. The molecule has 7 nitrogen and oxygen atoms in total. The minimum atomic E-state index is -0.312. The topological polar surface area (TPSA) is 95.6 Å². The number of nitrogens with zero attached hydrogens (tertiary/aromatic N) is 5. The summed E-state index contributed by atoms with van der Waals surface area (Å²) in [6, 6.07) is 9.87. The van der Waals surface area contributed by atoms with Crippen LogP contribution in [0.5, 0.6) is 0 Å². The lowest BCUT2D eigenvalue weighted by atomic mass is 10.2. The first kappa shape index (κ1) is 15.0. The monoisotopic (exact) mass is 336 g/mol. The van der Waals surface area contributed by atoms with Crippen LogP contribution in [0.25, 0.3) is 23.0 Å². The summed E-state index contributed by atoms with van der Waals surface area (Å²) in [7, 11) is 0. The highest BCUT2D eigenvalue weighted by molar-refractivity contribution is 5.59. The van der Waals surface area contributed by atoms with Crippen molar-refractivity contribution in [2.45, 2.75) is 6.54 Å². The standard InChI is InChI=1S/C17H13FN6O/c18-13-4-2-1-3-11(13)8-24-17(15-9-25-10-21-15)22-16(23-24)14-7-12(19)5-6-20-14/h1-7,9-10H,8H2,(H2,19,20). The Morgan fingerprint density at radius 1 is 1.12 bits per heavy atom. The molecular weight excluding hydrogens is 323 g/mol. The third-order valence-corrected chi connectivity index (χ3v) is 3.62. The molecule has 2 N–H and O–H groups in total. The van der Waals surface area contributed by atoms with Gasteiger partial charge in [0.2, 0.25) is 0 Å². The van der Waals surface area contributed by atoms with Crippen molar-refractivity contribution in [3.8, 4) is 23.0 Å². The van der Waals surface area contributed by atoms with E-state index in [1.807, 2.05) is 0 Å². The first-order valence-electron chi connectivity index (χ1n) is 7.49. The van der Waals surface area contributed by atoms with Gasteiger partial charge in [0, 0.05) is 17.4 Å². The first-order chi connectivity index (χ1) is 12.2. The molecule has 3 heterocycles. The van der Waals surface area contributed by atoms with Crippen LogP contribution in [0.4, 0.5) is 10.1 Å². The van der Waals surface area contributed by atoms with Crippen LogP contribution in [-0.2, 0) is 6.54 Å². The Hall–Kier alpha value is -3.55. The maximum absolute atomic E-state index is 14.0. The number of rotatable bonds is 4. The van der Waals surface area contributed by atoms with Crippen molar-refractivity contribution < 1.29 is 8.81 Å². The van der Waals surface area contributed by atoms with E-state index in [0.29, 0.717) is 34.3 Å². The van der Waals surface area contributed by atoms with Gasteiger partial charge in [-0.25, -0.2) is 19.0 Å². The van der Waals surface area contributed by atoms with Crippen LogP contribution in [0, 0.1) is 5.82 Å². The van der Waals surface area contributed by atoms with E-state index in [0.717, 1.165) is 0 Å². The second kappa shape index (κ2) is 6.16. The number of hydrogen-bond acceptors (Lipinski definition) is 6. The van der Waals surface area contributed by atoms with Gasteiger partial charge in [-0.05, 0) is 18.2 Å². The predicted molar refractivity (Wildman–Crippen MR) is 88.7 cm³/mol. The van der Waals surface area contributed by atoms with Crippen molar-refractivity contribution in [1.82, 2.24) is 24.7 Å². The Morgan fingerprint density at radius 2 is 2.00 bits per heavy atom. The van der Waals surface area contributed by atoms with E-state index in [2.05, 4.69) is 20.1 Å². The quantitative estimate of drug-likeness (QED) is 0.615. The number of oxazole rings is 1. The van der Waals surface area contributed by atoms with Gasteiger partial charge >= 0.3 is 0 Å². The van der Waals surface area contributed by atoms with E-state index < -0.39 is 0 Å². The molecule has 8 heteroatoms. The van der Waals surface area contributed by atoms with E-state index in [-0.39, 0.29) is 12.4 Å². The van der Waals surface area contributed by atoms with Gasteiger partial charge in [-0.3, -0.25) is 4.98 Å². The number of anilines is 1. The Bertz CT molecular complexity index is 1010. The molecule has 1 aromatic carbocycles.